The van der Waals surface area contributed by atoms with Gasteiger partial charge >= 0.3 is 5.97 Å². The van der Waals surface area contributed by atoms with Crippen molar-refractivity contribution in [3.63, 3.8) is 0 Å². The molecule has 3 heteroatoms. The van der Waals surface area contributed by atoms with Gasteiger partial charge in [-0.15, -0.1) is 5.92 Å². The van der Waals surface area contributed by atoms with E-state index in [1.807, 2.05) is 6.92 Å². The van der Waals surface area contributed by atoms with Crippen molar-refractivity contribution < 1.29 is 14.6 Å². The van der Waals surface area contributed by atoms with Crippen LogP contribution in [0.5, 0.6) is 5.75 Å². The lowest BCUT2D eigenvalue weighted by molar-refractivity contribution is 0.0695. The first kappa shape index (κ1) is 12.1. The molecule has 0 radical (unpaired) electrons. The van der Waals surface area contributed by atoms with Gasteiger partial charge in [0, 0.05) is 12.0 Å². The minimum atomic E-state index is -0.942. The van der Waals surface area contributed by atoms with Crippen LogP contribution in [0.1, 0.15) is 29.3 Å². The molecular weight excluding hydrogens is 204 g/mol. The first-order valence-electron chi connectivity index (χ1n) is 5.08. The van der Waals surface area contributed by atoms with Gasteiger partial charge in [0.1, 0.15) is 12.4 Å². The molecule has 3 nitrogen and oxygen atoms in total. The monoisotopic (exact) mass is 218 g/mol. The molecular formula is C13H14O3. The Labute approximate surface area is 95.1 Å². The van der Waals surface area contributed by atoms with Crippen LogP contribution in [0.3, 0.4) is 0 Å². The third kappa shape index (κ3) is 3.03. The van der Waals surface area contributed by atoms with E-state index in [9.17, 15) is 4.79 Å². The van der Waals surface area contributed by atoms with Gasteiger partial charge in [0.25, 0.3) is 0 Å². The van der Waals surface area contributed by atoms with E-state index in [0.29, 0.717) is 11.3 Å². The summed E-state index contributed by atoms with van der Waals surface area (Å²) in [5, 5.41) is 8.92. The van der Waals surface area contributed by atoms with Gasteiger partial charge in [-0.25, -0.2) is 4.79 Å². The zero-order chi connectivity index (χ0) is 12.0. The molecule has 0 aromatic heterocycles. The van der Waals surface area contributed by atoms with E-state index >= 15 is 0 Å². The largest absolute Gasteiger partial charge is 0.481 e. The third-order valence-electron chi connectivity index (χ3n) is 2.12. The highest BCUT2D eigenvalue weighted by molar-refractivity contribution is 5.90. The minimum absolute atomic E-state index is 0.265. The van der Waals surface area contributed by atoms with Crippen LogP contribution in [0.15, 0.2) is 18.2 Å². The number of carboxylic acids is 1. The second kappa shape index (κ2) is 5.82. The summed E-state index contributed by atoms with van der Waals surface area (Å²) in [4.78, 5) is 10.9. The summed E-state index contributed by atoms with van der Waals surface area (Å²) in [6, 6.07) is 4.97. The molecule has 0 aliphatic carbocycles. The molecule has 0 amide bonds. The number of carboxylic acid groups (broad SMARTS) is 1. The van der Waals surface area contributed by atoms with E-state index in [0.717, 1.165) is 6.42 Å². The molecule has 0 aliphatic rings. The molecule has 1 rings (SSSR count). The number of benzene rings is 1. The van der Waals surface area contributed by atoms with E-state index in [2.05, 4.69) is 11.8 Å². The molecule has 1 aromatic carbocycles. The summed E-state index contributed by atoms with van der Waals surface area (Å²) in [5.41, 5.74) is 0.897. The van der Waals surface area contributed by atoms with Crippen LogP contribution < -0.4 is 4.74 Å². The predicted molar refractivity (Wildman–Crippen MR) is 61.7 cm³/mol. The van der Waals surface area contributed by atoms with Gasteiger partial charge < -0.3 is 9.84 Å². The maximum Gasteiger partial charge on any atom is 0.336 e. The Morgan fingerprint density at radius 3 is 2.81 bits per heavy atom. The first-order valence-corrected chi connectivity index (χ1v) is 5.08. The van der Waals surface area contributed by atoms with Crippen LogP contribution in [0.2, 0.25) is 0 Å². The number of ether oxygens (including phenoxy) is 1. The SMILES string of the molecule is CCC#CCOc1cccc(C(=O)O)c1C. The Morgan fingerprint density at radius 1 is 1.44 bits per heavy atom. The van der Waals surface area contributed by atoms with Gasteiger partial charge in [0.15, 0.2) is 0 Å². The van der Waals surface area contributed by atoms with Crippen molar-refractivity contribution in [2.45, 2.75) is 20.3 Å². The van der Waals surface area contributed by atoms with Crippen molar-refractivity contribution in [2.75, 3.05) is 6.61 Å². The molecule has 84 valence electrons. The number of hydrogen-bond donors (Lipinski definition) is 1. The van der Waals surface area contributed by atoms with E-state index in [-0.39, 0.29) is 12.2 Å². The lowest BCUT2D eigenvalue weighted by Crippen LogP contribution is -2.03. The highest BCUT2D eigenvalue weighted by Gasteiger charge is 2.10. The molecule has 0 bridgehead atoms. The smallest absolute Gasteiger partial charge is 0.336 e. The quantitative estimate of drug-likeness (QED) is 0.793. The molecule has 0 saturated carbocycles. The lowest BCUT2D eigenvalue weighted by Gasteiger charge is -2.08. The molecule has 0 fully saturated rings. The van der Waals surface area contributed by atoms with Crippen LogP contribution in [0, 0.1) is 18.8 Å². The molecule has 0 heterocycles. The minimum Gasteiger partial charge on any atom is -0.481 e. The second-order valence-corrected chi connectivity index (χ2v) is 3.23. The fraction of sp³-hybridized carbons (Fsp3) is 0.308. The van der Waals surface area contributed by atoms with Crippen LogP contribution in [0.25, 0.3) is 0 Å². The van der Waals surface area contributed by atoms with Gasteiger partial charge in [-0.05, 0) is 19.1 Å². The molecule has 0 spiro atoms. The topological polar surface area (TPSA) is 46.5 Å². The van der Waals surface area contributed by atoms with Crippen LogP contribution in [-0.4, -0.2) is 17.7 Å². The summed E-state index contributed by atoms with van der Waals surface area (Å²) in [6.45, 7) is 3.98. The van der Waals surface area contributed by atoms with Crippen LogP contribution in [0.4, 0.5) is 0 Å². The number of rotatable bonds is 3. The highest BCUT2D eigenvalue weighted by Crippen LogP contribution is 2.21. The maximum absolute atomic E-state index is 10.9. The lowest BCUT2D eigenvalue weighted by atomic mass is 10.1. The molecule has 0 atom stereocenters. The van der Waals surface area contributed by atoms with Gasteiger partial charge in [0.05, 0.1) is 5.56 Å². The van der Waals surface area contributed by atoms with Gasteiger partial charge in [-0.1, -0.05) is 18.9 Å². The number of hydrogen-bond acceptors (Lipinski definition) is 2. The van der Waals surface area contributed by atoms with Crippen molar-refractivity contribution in [2.24, 2.45) is 0 Å². The normalized spacial score (nSPS) is 9.12. The molecule has 1 N–H and O–H groups in total. The van der Waals surface area contributed by atoms with Crippen LogP contribution in [-0.2, 0) is 0 Å². The van der Waals surface area contributed by atoms with E-state index in [1.54, 1.807) is 25.1 Å². The molecule has 0 aliphatic heterocycles. The fourth-order valence-corrected chi connectivity index (χ4v) is 1.29. The Hall–Kier alpha value is -1.95. The Kier molecular flexibility index (Phi) is 4.41. The summed E-state index contributed by atoms with van der Waals surface area (Å²) in [6.07, 6.45) is 0.789. The predicted octanol–water partition coefficient (Wildman–Crippen LogP) is 2.49. The average Bonchev–Trinajstić information content (AvgIpc) is 2.26. The first-order chi connectivity index (χ1) is 7.66. The van der Waals surface area contributed by atoms with Crippen molar-refractivity contribution in [1.29, 1.82) is 0 Å². The van der Waals surface area contributed by atoms with Gasteiger partial charge in [-0.3, -0.25) is 0 Å². The van der Waals surface area contributed by atoms with Crippen molar-refractivity contribution >= 4 is 5.97 Å². The summed E-state index contributed by atoms with van der Waals surface area (Å²) in [5.74, 6) is 5.36. The molecule has 1 aromatic rings. The zero-order valence-corrected chi connectivity index (χ0v) is 9.41. The number of carbonyl (C=O) groups is 1. The second-order valence-electron chi connectivity index (χ2n) is 3.23. The van der Waals surface area contributed by atoms with E-state index in [4.69, 9.17) is 9.84 Å². The van der Waals surface area contributed by atoms with Crippen LogP contribution >= 0.6 is 0 Å². The Morgan fingerprint density at radius 2 is 2.19 bits per heavy atom. The van der Waals surface area contributed by atoms with E-state index < -0.39 is 5.97 Å². The van der Waals surface area contributed by atoms with Gasteiger partial charge in [0.2, 0.25) is 0 Å². The summed E-state index contributed by atoms with van der Waals surface area (Å²) < 4.78 is 5.39. The molecule has 16 heavy (non-hydrogen) atoms. The fourth-order valence-electron chi connectivity index (χ4n) is 1.29. The zero-order valence-electron chi connectivity index (χ0n) is 9.41. The molecule has 0 saturated heterocycles. The Bertz CT molecular complexity index is 438. The van der Waals surface area contributed by atoms with Crippen molar-refractivity contribution in [3.05, 3.63) is 29.3 Å². The van der Waals surface area contributed by atoms with Gasteiger partial charge in [-0.2, -0.15) is 0 Å². The highest BCUT2D eigenvalue weighted by atomic mass is 16.5. The maximum atomic E-state index is 10.9. The van der Waals surface area contributed by atoms with E-state index in [1.165, 1.54) is 0 Å². The summed E-state index contributed by atoms with van der Waals surface area (Å²) in [7, 11) is 0. The summed E-state index contributed by atoms with van der Waals surface area (Å²) >= 11 is 0. The van der Waals surface area contributed by atoms with Crippen molar-refractivity contribution in [1.82, 2.24) is 0 Å². The molecule has 0 unspecified atom stereocenters. The van der Waals surface area contributed by atoms with Crippen molar-refractivity contribution in [3.8, 4) is 17.6 Å². The Balaban J connectivity index is 2.81. The third-order valence-corrected chi connectivity index (χ3v) is 2.12. The standard InChI is InChI=1S/C13H14O3/c1-3-4-5-9-16-12-8-6-7-11(10(12)2)13(14)15/h6-8H,3,9H2,1-2H3,(H,14,15). The average molecular weight is 218 g/mol. The number of aromatic carboxylic acids is 1.